The number of halogens is 1. The predicted molar refractivity (Wildman–Crippen MR) is 124 cm³/mol. The Kier molecular flexibility index (Phi) is 4.41. The summed E-state index contributed by atoms with van der Waals surface area (Å²) in [5, 5.41) is 4.66. The molecule has 0 spiro atoms. The molecule has 10 heteroatoms. The van der Waals surface area contributed by atoms with Crippen LogP contribution >= 0.6 is 0 Å². The lowest BCUT2D eigenvalue weighted by Gasteiger charge is -2.46. The van der Waals surface area contributed by atoms with Crippen LogP contribution in [-0.2, 0) is 0 Å². The van der Waals surface area contributed by atoms with Crippen LogP contribution in [0.15, 0.2) is 18.5 Å². The van der Waals surface area contributed by atoms with Gasteiger partial charge >= 0.3 is 6.01 Å². The summed E-state index contributed by atoms with van der Waals surface area (Å²) in [7, 11) is 1.77. The predicted octanol–water partition coefficient (Wildman–Crippen LogP) is 3.42. The Morgan fingerprint density at radius 3 is 2.70 bits per heavy atom. The maximum absolute atomic E-state index is 14.8. The van der Waals surface area contributed by atoms with Crippen molar-refractivity contribution in [1.82, 2.24) is 24.9 Å². The van der Waals surface area contributed by atoms with Gasteiger partial charge in [0.1, 0.15) is 23.1 Å². The molecule has 0 radical (unpaired) electrons. The van der Waals surface area contributed by atoms with E-state index in [-0.39, 0.29) is 17.9 Å². The van der Waals surface area contributed by atoms with Gasteiger partial charge < -0.3 is 25.7 Å². The quantitative estimate of drug-likeness (QED) is 0.435. The van der Waals surface area contributed by atoms with Gasteiger partial charge in [-0.05, 0) is 38.3 Å². The van der Waals surface area contributed by atoms with Gasteiger partial charge in [-0.15, -0.1) is 0 Å². The second-order valence-electron chi connectivity index (χ2n) is 8.90. The van der Waals surface area contributed by atoms with Crippen LogP contribution in [0.25, 0.3) is 21.9 Å². The minimum absolute atomic E-state index is 0.186. The molecule has 0 amide bonds. The van der Waals surface area contributed by atoms with Gasteiger partial charge in [0.2, 0.25) is 0 Å². The Bertz CT molecular complexity index is 1390. The Hall–Kier alpha value is -3.53. The van der Waals surface area contributed by atoms with Crippen molar-refractivity contribution in [3.05, 3.63) is 35.7 Å². The van der Waals surface area contributed by atoms with Crippen LogP contribution in [0.1, 0.15) is 24.2 Å². The standard InChI is InChI=1S/C23H25FN8O/c1-10-14(24)6-16(26-3)20-18(10)19-21(29-20)30-23(33-12-7-27-11(2)28-8-12)31-22(19)32-9-13-15(25)4-5-17(13)32/h6-8,13,15,17,26H,4-5,9,25H2,1-3H3,(H,29,30,31). The van der Waals surface area contributed by atoms with Crippen LogP contribution in [0.5, 0.6) is 11.8 Å². The van der Waals surface area contributed by atoms with Gasteiger partial charge in [0, 0.05) is 37.0 Å². The fourth-order valence-corrected chi connectivity index (χ4v) is 5.24. The number of H-pyrrole nitrogens is 1. The molecule has 3 unspecified atom stereocenters. The van der Waals surface area contributed by atoms with E-state index < -0.39 is 0 Å². The number of rotatable bonds is 4. The summed E-state index contributed by atoms with van der Waals surface area (Å²) in [6, 6.07) is 2.21. The molecule has 1 aliphatic heterocycles. The molecule has 1 aromatic carbocycles. The molecule has 4 N–H and O–H groups in total. The van der Waals surface area contributed by atoms with Crippen LogP contribution in [-0.4, -0.2) is 50.6 Å². The first-order valence-electron chi connectivity index (χ1n) is 11.1. The highest BCUT2D eigenvalue weighted by Gasteiger charge is 2.48. The van der Waals surface area contributed by atoms with Gasteiger partial charge in [-0.25, -0.2) is 14.4 Å². The summed E-state index contributed by atoms with van der Waals surface area (Å²) in [5.74, 6) is 2.00. The molecule has 4 aromatic rings. The van der Waals surface area contributed by atoms with Crippen molar-refractivity contribution < 1.29 is 9.13 Å². The Morgan fingerprint density at radius 1 is 1.18 bits per heavy atom. The largest absolute Gasteiger partial charge is 0.421 e. The van der Waals surface area contributed by atoms with E-state index in [0.717, 1.165) is 41.5 Å². The average molecular weight is 449 g/mol. The number of aryl methyl sites for hydroxylation is 2. The fraction of sp³-hybridized carbons (Fsp3) is 0.391. The monoisotopic (exact) mass is 448 g/mol. The second-order valence-corrected chi connectivity index (χ2v) is 8.90. The van der Waals surface area contributed by atoms with Crippen LogP contribution in [0.2, 0.25) is 0 Å². The molecule has 3 atom stereocenters. The topological polar surface area (TPSA) is 118 Å². The van der Waals surface area contributed by atoms with Crippen LogP contribution < -0.4 is 20.7 Å². The van der Waals surface area contributed by atoms with Gasteiger partial charge in [0.25, 0.3) is 0 Å². The zero-order chi connectivity index (χ0) is 22.9. The van der Waals surface area contributed by atoms with Gasteiger partial charge in [0.15, 0.2) is 5.75 Å². The molecule has 1 aliphatic carbocycles. The highest BCUT2D eigenvalue weighted by molar-refractivity contribution is 6.16. The normalized spacial score (nSPS) is 22.0. The van der Waals surface area contributed by atoms with E-state index in [1.54, 1.807) is 26.4 Å². The van der Waals surface area contributed by atoms with Crippen molar-refractivity contribution in [3.63, 3.8) is 0 Å². The molecule has 9 nitrogen and oxygen atoms in total. The number of ether oxygens (including phenoxy) is 1. The molecule has 1 saturated heterocycles. The maximum atomic E-state index is 14.8. The zero-order valence-corrected chi connectivity index (χ0v) is 18.7. The van der Waals surface area contributed by atoms with Crippen LogP contribution in [0, 0.1) is 25.6 Å². The first kappa shape index (κ1) is 20.1. The molecular weight excluding hydrogens is 423 g/mol. The Labute approximate surface area is 189 Å². The summed E-state index contributed by atoms with van der Waals surface area (Å²) in [4.78, 5) is 23.4. The number of hydrogen-bond donors (Lipinski definition) is 3. The van der Waals surface area contributed by atoms with Crippen LogP contribution in [0.4, 0.5) is 15.9 Å². The summed E-state index contributed by atoms with van der Waals surface area (Å²) >= 11 is 0. The zero-order valence-electron chi connectivity index (χ0n) is 18.7. The third-order valence-corrected chi connectivity index (χ3v) is 7.04. The van der Waals surface area contributed by atoms with Crippen molar-refractivity contribution in [2.75, 3.05) is 23.8 Å². The fourth-order valence-electron chi connectivity index (χ4n) is 5.24. The minimum atomic E-state index is -0.278. The smallest absolute Gasteiger partial charge is 0.326 e. The van der Waals surface area contributed by atoms with Crippen molar-refractivity contribution in [2.24, 2.45) is 11.7 Å². The van der Waals surface area contributed by atoms with Crippen molar-refractivity contribution >= 4 is 33.4 Å². The number of aromatic nitrogens is 5. The molecule has 3 aromatic heterocycles. The highest BCUT2D eigenvalue weighted by atomic mass is 19.1. The summed E-state index contributed by atoms with van der Waals surface area (Å²) < 4.78 is 20.8. The van der Waals surface area contributed by atoms with Gasteiger partial charge in [-0.2, -0.15) is 9.97 Å². The highest BCUT2D eigenvalue weighted by Crippen LogP contribution is 2.46. The lowest BCUT2D eigenvalue weighted by Crippen LogP contribution is -2.58. The molecule has 2 aliphatic rings. The molecule has 2 fully saturated rings. The van der Waals surface area contributed by atoms with Crippen molar-refractivity contribution in [1.29, 1.82) is 0 Å². The lowest BCUT2D eigenvalue weighted by atomic mass is 9.89. The number of aromatic amines is 1. The molecule has 33 heavy (non-hydrogen) atoms. The maximum Gasteiger partial charge on any atom is 0.326 e. The number of hydrogen-bond acceptors (Lipinski definition) is 8. The second kappa shape index (κ2) is 7.24. The molecule has 0 bridgehead atoms. The Balaban J connectivity index is 1.56. The minimum Gasteiger partial charge on any atom is -0.421 e. The number of fused-ring (bicyclic) bond motifs is 4. The van der Waals surface area contributed by atoms with E-state index in [9.17, 15) is 4.39 Å². The van der Waals surface area contributed by atoms with Gasteiger partial charge in [0.05, 0.1) is 29.0 Å². The van der Waals surface area contributed by atoms with Crippen molar-refractivity contribution in [2.45, 2.75) is 38.8 Å². The van der Waals surface area contributed by atoms with E-state index in [4.69, 9.17) is 15.5 Å². The lowest BCUT2D eigenvalue weighted by molar-refractivity contribution is 0.312. The number of nitrogens with zero attached hydrogens (tertiary/aromatic N) is 5. The number of benzene rings is 1. The van der Waals surface area contributed by atoms with E-state index in [1.807, 2.05) is 6.92 Å². The number of nitrogens with one attached hydrogen (secondary N) is 2. The molecule has 6 rings (SSSR count). The van der Waals surface area contributed by atoms with Crippen LogP contribution in [0.3, 0.4) is 0 Å². The summed E-state index contributed by atoms with van der Waals surface area (Å²) in [6.45, 7) is 4.40. The third kappa shape index (κ3) is 3.01. The number of anilines is 2. The molecule has 1 saturated carbocycles. The first-order chi connectivity index (χ1) is 15.9. The van der Waals surface area contributed by atoms with E-state index in [0.29, 0.717) is 40.4 Å². The Morgan fingerprint density at radius 2 is 1.97 bits per heavy atom. The summed E-state index contributed by atoms with van der Waals surface area (Å²) in [6.07, 6.45) is 5.19. The van der Waals surface area contributed by atoms with E-state index in [2.05, 4.69) is 30.2 Å². The SMILES string of the molecule is CNc1cc(F)c(C)c2c1[nH]c1nc(Oc3cnc(C)nc3)nc(N3CC4C(N)CCC43)c12. The van der Waals surface area contributed by atoms with Gasteiger partial charge in [-0.3, -0.25) is 0 Å². The summed E-state index contributed by atoms with van der Waals surface area (Å²) in [5.41, 5.74) is 8.91. The molecule has 170 valence electrons. The van der Waals surface area contributed by atoms with Gasteiger partial charge in [-0.1, -0.05) is 0 Å². The number of nitrogens with two attached hydrogens (primary N) is 1. The van der Waals surface area contributed by atoms with Crippen molar-refractivity contribution in [3.8, 4) is 11.8 Å². The molecular formula is C23H25FN8O. The van der Waals surface area contributed by atoms with E-state index in [1.165, 1.54) is 6.07 Å². The van der Waals surface area contributed by atoms with E-state index >= 15 is 0 Å². The molecule has 4 heterocycles. The first-order valence-corrected chi connectivity index (χ1v) is 11.1. The third-order valence-electron chi connectivity index (χ3n) is 7.04. The average Bonchev–Trinajstić information content (AvgIpc) is 3.29.